The number of nitrogens with zero attached hydrogens (tertiary/aromatic N) is 1. The summed E-state index contributed by atoms with van der Waals surface area (Å²) in [5.74, 6) is -0.908. The van der Waals surface area contributed by atoms with Crippen molar-refractivity contribution in [1.82, 2.24) is 10.3 Å². The maximum atomic E-state index is 12.5. The normalized spacial score (nSPS) is 16.7. The lowest BCUT2D eigenvalue weighted by Crippen LogP contribution is -2.39. The molecule has 1 aliphatic carbocycles. The Kier molecular flexibility index (Phi) is 6.24. The Bertz CT molecular complexity index is 833. The maximum Gasteiger partial charge on any atom is 0.358 e. The molecule has 3 rings (SSSR count). The molecule has 1 aromatic carbocycles. The predicted molar refractivity (Wildman–Crippen MR) is 106 cm³/mol. The second kappa shape index (κ2) is 8.81. The first kappa shape index (κ1) is 19.1. The summed E-state index contributed by atoms with van der Waals surface area (Å²) in [6.07, 6.45) is 3.75. The van der Waals surface area contributed by atoms with Crippen LogP contribution < -0.4 is 10.6 Å². The van der Waals surface area contributed by atoms with Crippen molar-refractivity contribution in [2.75, 3.05) is 11.9 Å². The molecule has 1 aliphatic rings. The van der Waals surface area contributed by atoms with Crippen molar-refractivity contribution < 1.29 is 14.3 Å². The van der Waals surface area contributed by atoms with E-state index in [-0.39, 0.29) is 17.6 Å². The SMILES string of the molecule is C=CCNc1nc(C(=O)O[C@@H](C)C(=O)N[C@H]2CCCc3ccccc32)cs1. The van der Waals surface area contributed by atoms with Gasteiger partial charge in [-0.15, -0.1) is 17.9 Å². The van der Waals surface area contributed by atoms with E-state index in [1.165, 1.54) is 16.9 Å². The van der Waals surface area contributed by atoms with Crippen LogP contribution in [0.4, 0.5) is 5.13 Å². The van der Waals surface area contributed by atoms with Gasteiger partial charge in [0.2, 0.25) is 0 Å². The van der Waals surface area contributed by atoms with Gasteiger partial charge in [-0.3, -0.25) is 4.79 Å². The van der Waals surface area contributed by atoms with Crippen LogP contribution in [0.25, 0.3) is 0 Å². The van der Waals surface area contributed by atoms with Crippen LogP contribution in [0.2, 0.25) is 0 Å². The molecule has 7 heteroatoms. The van der Waals surface area contributed by atoms with E-state index < -0.39 is 12.1 Å². The molecular weight excluding hydrogens is 362 g/mol. The number of thiazole rings is 1. The fraction of sp³-hybridized carbons (Fsp3) is 0.350. The quantitative estimate of drug-likeness (QED) is 0.563. The van der Waals surface area contributed by atoms with E-state index in [1.54, 1.807) is 18.4 Å². The number of hydrogen-bond acceptors (Lipinski definition) is 6. The average molecular weight is 385 g/mol. The molecule has 0 unspecified atom stereocenters. The summed E-state index contributed by atoms with van der Waals surface area (Å²) >= 11 is 1.30. The monoisotopic (exact) mass is 385 g/mol. The van der Waals surface area contributed by atoms with Crippen LogP contribution >= 0.6 is 11.3 Å². The largest absolute Gasteiger partial charge is 0.448 e. The number of benzene rings is 1. The summed E-state index contributed by atoms with van der Waals surface area (Å²) < 4.78 is 5.29. The summed E-state index contributed by atoms with van der Waals surface area (Å²) in [5.41, 5.74) is 2.60. The molecule has 1 aromatic heterocycles. The Morgan fingerprint density at radius 2 is 2.26 bits per heavy atom. The van der Waals surface area contributed by atoms with Crippen LogP contribution in [-0.2, 0) is 16.0 Å². The van der Waals surface area contributed by atoms with Gasteiger partial charge in [-0.1, -0.05) is 30.3 Å². The minimum Gasteiger partial charge on any atom is -0.448 e. The third kappa shape index (κ3) is 4.74. The Morgan fingerprint density at radius 3 is 3.07 bits per heavy atom. The predicted octanol–water partition coefficient (Wildman–Crippen LogP) is 3.48. The van der Waals surface area contributed by atoms with E-state index in [0.29, 0.717) is 11.7 Å². The second-order valence-corrected chi connectivity index (χ2v) is 7.27. The number of carbonyl (C=O) groups excluding carboxylic acids is 2. The van der Waals surface area contributed by atoms with Gasteiger partial charge in [0.1, 0.15) is 0 Å². The molecule has 2 atom stereocenters. The van der Waals surface area contributed by atoms with Crippen molar-refractivity contribution >= 4 is 28.3 Å². The van der Waals surface area contributed by atoms with Crippen LogP contribution in [0, 0.1) is 0 Å². The fourth-order valence-electron chi connectivity index (χ4n) is 3.08. The smallest absolute Gasteiger partial charge is 0.358 e. The summed E-state index contributed by atoms with van der Waals surface area (Å²) in [4.78, 5) is 28.9. The Morgan fingerprint density at radius 1 is 1.44 bits per heavy atom. The molecule has 1 amide bonds. The molecule has 1 heterocycles. The summed E-state index contributed by atoms with van der Waals surface area (Å²) in [6.45, 7) is 5.75. The van der Waals surface area contributed by atoms with Crippen LogP contribution in [0.3, 0.4) is 0 Å². The van der Waals surface area contributed by atoms with E-state index in [1.807, 2.05) is 18.2 Å². The van der Waals surface area contributed by atoms with E-state index in [9.17, 15) is 9.59 Å². The van der Waals surface area contributed by atoms with E-state index in [2.05, 4.69) is 28.3 Å². The molecule has 0 aliphatic heterocycles. The van der Waals surface area contributed by atoms with Crippen LogP contribution in [0.15, 0.2) is 42.3 Å². The zero-order chi connectivity index (χ0) is 19.2. The van der Waals surface area contributed by atoms with Crippen LogP contribution in [-0.4, -0.2) is 29.5 Å². The van der Waals surface area contributed by atoms with Gasteiger partial charge >= 0.3 is 5.97 Å². The number of amides is 1. The van der Waals surface area contributed by atoms with Gasteiger partial charge in [0.25, 0.3) is 5.91 Å². The number of anilines is 1. The highest BCUT2D eigenvalue weighted by atomic mass is 32.1. The number of ether oxygens (including phenoxy) is 1. The molecule has 142 valence electrons. The van der Waals surface area contributed by atoms with Gasteiger partial charge in [-0.05, 0) is 37.3 Å². The third-order valence-corrected chi connectivity index (χ3v) is 5.25. The number of rotatable bonds is 7. The van der Waals surface area contributed by atoms with Gasteiger partial charge in [0.05, 0.1) is 6.04 Å². The standard InChI is InChI=1S/C20H23N3O3S/c1-3-11-21-20-23-17(12-27-20)19(25)26-13(2)18(24)22-16-10-6-8-14-7-4-5-9-15(14)16/h3-5,7,9,12-13,16H,1,6,8,10-11H2,2H3,(H,21,23)(H,22,24)/t13-,16-/m0/s1. The number of aryl methyl sites for hydroxylation is 1. The molecule has 0 bridgehead atoms. The first-order valence-corrected chi connectivity index (χ1v) is 9.86. The topological polar surface area (TPSA) is 80.3 Å². The molecule has 0 saturated heterocycles. The highest BCUT2D eigenvalue weighted by molar-refractivity contribution is 7.13. The van der Waals surface area contributed by atoms with E-state index >= 15 is 0 Å². The molecule has 0 spiro atoms. The van der Waals surface area contributed by atoms with Crippen LogP contribution in [0.1, 0.15) is 47.4 Å². The Hall–Kier alpha value is -2.67. The molecular formula is C20H23N3O3S. The molecule has 0 radical (unpaired) electrons. The molecule has 6 nitrogen and oxygen atoms in total. The fourth-order valence-corrected chi connectivity index (χ4v) is 3.77. The number of aromatic nitrogens is 1. The average Bonchev–Trinajstić information content (AvgIpc) is 3.15. The first-order chi connectivity index (χ1) is 13.1. The number of nitrogens with one attached hydrogen (secondary N) is 2. The minimum atomic E-state index is -0.891. The number of fused-ring (bicyclic) bond motifs is 1. The minimum absolute atomic E-state index is 0.0439. The molecule has 27 heavy (non-hydrogen) atoms. The Balaban J connectivity index is 1.57. The summed E-state index contributed by atoms with van der Waals surface area (Å²) in [7, 11) is 0. The van der Waals surface area contributed by atoms with E-state index in [4.69, 9.17) is 4.74 Å². The van der Waals surface area contributed by atoms with Crippen LogP contribution in [0.5, 0.6) is 0 Å². The maximum absolute atomic E-state index is 12.5. The Labute approximate surface area is 162 Å². The molecule has 0 fully saturated rings. The molecule has 2 N–H and O–H groups in total. The lowest BCUT2D eigenvalue weighted by atomic mass is 9.87. The third-order valence-electron chi connectivity index (χ3n) is 4.45. The zero-order valence-electron chi connectivity index (χ0n) is 15.2. The van der Waals surface area contributed by atoms with Crippen molar-refractivity contribution in [2.45, 2.75) is 38.3 Å². The number of esters is 1. The van der Waals surface area contributed by atoms with E-state index in [0.717, 1.165) is 24.8 Å². The van der Waals surface area contributed by atoms with Crippen molar-refractivity contribution in [3.8, 4) is 0 Å². The highest BCUT2D eigenvalue weighted by Crippen LogP contribution is 2.29. The number of carbonyl (C=O) groups is 2. The second-order valence-electron chi connectivity index (χ2n) is 6.41. The first-order valence-electron chi connectivity index (χ1n) is 8.98. The van der Waals surface area contributed by atoms with Crippen molar-refractivity contribution in [1.29, 1.82) is 0 Å². The van der Waals surface area contributed by atoms with Gasteiger partial charge in [0.15, 0.2) is 16.9 Å². The summed E-state index contributed by atoms with van der Waals surface area (Å²) in [5, 5.41) is 8.23. The summed E-state index contributed by atoms with van der Waals surface area (Å²) in [6, 6.07) is 8.09. The van der Waals surface area contributed by atoms with Crippen molar-refractivity contribution in [3.63, 3.8) is 0 Å². The highest BCUT2D eigenvalue weighted by Gasteiger charge is 2.26. The molecule has 2 aromatic rings. The lowest BCUT2D eigenvalue weighted by Gasteiger charge is -2.27. The van der Waals surface area contributed by atoms with Gasteiger partial charge < -0.3 is 15.4 Å². The van der Waals surface area contributed by atoms with Gasteiger partial charge in [-0.25, -0.2) is 9.78 Å². The number of hydrogen-bond donors (Lipinski definition) is 2. The molecule has 0 saturated carbocycles. The van der Waals surface area contributed by atoms with Crippen molar-refractivity contribution in [2.24, 2.45) is 0 Å². The van der Waals surface area contributed by atoms with Gasteiger partial charge in [0, 0.05) is 11.9 Å². The lowest BCUT2D eigenvalue weighted by molar-refractivity contribution is -0.130. The zero-order valence-corrected chi connectivity index (χ0v) is 16.1. The van der Waals surface area contributed by atoms with Gasteiger partial charge in [-0.2, -0.15) is 0 Å². The van der Waals surface area contributed by atoms with Crippen molar-refractivity contribution in [3.05, 3.63) is 59.1 Å².